The number of carbonyl (C=O) groups excluding carboxylic acids is 1. The third-order valence-corrected chi connectivity index (χ3v) is 5.80. The molecule has 1 aromatic carbocycles. The first kappa shape index (κ1) is 19.5. The SMILES string of the molecule is COc1cc2oc(=O)cc(C)c2cc1CCC(=O)Nc1nnc([C@H]2CCCO2)s1. The zero-order valence-electron chi connectivity index (χ0n) is 16.2. The van der Waals surface area contributed by atoms with Gasteiger partial charge in [-0.05, 0) is 43.4 Å². The molecule has 0 spiro atoms. The van der Waals surface area contributed by atoms with Crippen LogP contribution in [0.2, 0.25) is 0 Å². The molecule has 0 bridgehead atoms. The molecule has 1 fully saturated rings. The summed E-state index contributed by atoms with van der Waals surface area (Å²) >= 11 is 1.35. The van der Waals surface area contributed by atoms with E-state index in [2.05, 4.69) is 15.5 Å². The number of hydrogen-bond donors (Lipinski definition) is 1. The molecule has 2 aromatic heterocycles. The van der Waals surface area contributed by atoms with Crippen molar-refractivity contribution in [3.63, 3.8) is 0 Å². The van der Waals surface area contributed by atoms with E-state index in [0.29, 0.717) is 22.9 Å². The van der Waals surface area contributed by atoms with Crippen molar-refractivity contribution in [2.75, 3.05) is 19.0 Å². The fourth-order valence-electron chi connectivity index (χ4n) is 3.39. The van der Waals surface area contributed by atoms with E-state index in [1.807, 2.05) is 13.0 Å². The summed E-state index contributed by atoms with van der Waals surface area (Å²) in [6, 6.07) is 5.04. The first-order valence-corrected chi connectivity index (χ1v) is 10.2. The van der Waals surface area contributed by atoms with Crippen LogP contribution in [-0.4, -0.2) is 29.8 Å². The van der Waals surface area contributed by atoms with E-state index < -0.39 is 5.63 Å². The number of anilines is 1. The van der Waals surface area contributed by atoms with Crippen LogP contribution >= 0.6 is 11.3 Å². The monoisotopic (exact) mass is 415 g/mol. The molecule has 0 aliphatic carbocycles. The maximum absolute atomic E-state index is 12.4. The Balaban J connectivity index is 1.44. The van der Waals surface area contributed by atoms with Crippen LogP contribution in [0, 0.1) is 6.92 Å². The maximum Gasteiger partial charge on any atom is 0.336 e. The van der Waals surface area contributed by atoms with Crippen LogP contribution in [0.5, 0.6) is 5.75 Å². The summed E-state index contributed by atoms with van der Waals surface area (Å²) < 4.78 is 16.3. The van der Waals surface area contributed by atoms with Crippen molar-refractivity contribution in [2.24, 2.45) is 0 Å². The lowest BCUT2D eigenvalue weighted by molar-refractivity contribution is -0.116. The summed E-state index contributed by atoms with van der Waals surface area (Å²) in [5.41, 5.74) is 1.75. The first-order valence-electron chi connectivity index (χ1n) is 9.39. The highest BCUT2D eigenvalue weighted by atomic mass is 32.1. The van der Waals surface area contributed by atoms with E-state index in [1.54, 1.807) is 13.2 Å². The Morgan fingerprint density at radius 1 is 1.34 bits per heavy atom. The van der Waals surface area contributed by atoms with E-state index in [9.17, 15) is 9.59 Å². The number of aryl methyl sites for hydroxylation is 2. The molecule has 1 saturated heterocycles. The van der Waals surface area contributed by atoms with Gasteiger partial charge in [0.2, 0.25) is 11.0 Å². The average molecular weight is 415 g/mol. The molecule has 0 radical (unpaired) electrons. The molecular formula is C20H21N3O5S. The van der Waals surface area contributed by atoms with Gasteiger partial charge in [-0.3, -0.25) is 4.79 Å². The number of fused-ring (bicyclic) bond motifs is 1. The van der Waals surface area contributed by atoms with Crippen molar-refractivity contribution in [3.8, 4) is 5.75 Å². The normalized spacial score (nSPS) is 16.3. The van der Waals surface area contributed by atoms with Crippen molar-refractivity contribution in [3.05, 3.63) is 44.8 Å². The van der Waals surface area contributed by atoms with Gasteiger partial charge in [-0.1, -0.05) is 11.3 Å². The highest BCUT2D eigenvalue weighted by Crippen LogP contribution is 2.32. The van der Waals surface area contributed by atoms with Gasteiger partial charge < -0.3 is 19.2 Å². The van der Waals surface area contributed by atoms with Crippen molar-refractivity contribution in [1.29, 1.82) is 0 Å². The Hall–Kier alpha value is -2.78. The molecule has 152 valence electrons. The van der Waals surface area contributed by atoms with Crippen LogP contribution in [0.15, 0.2) is 27.4 Å². The Morgan fingerprint density at radius 2 is 2.21 bits per heavy atom. The fraction of sp³-hybridized carbons (Fsp3) is 0.400. The molecule has 29 heavy (non-hydrogen) atoms. The van der Waals surface area contributed by atoms with Gasteiger partial charge in [0.1, 0.15) is 22.4 Å². The lowest BCUT2D eigenvalue weighted by atomic mass is 10.0. The van der Waals surface area contributed by atoms with Gasteiger partial charge in [-0.2, -0.15) is 0 Å². The molecular weight excluding hydrogens is 394 g/mol. The fourth-order valence-corrected chi connectivity index (χ4v) is 4.24. The molecule has 8 nitrogen and oxygen atoms in total. The van der Waals surface area contributed by atoms with Crippen LogP contribution in [-0.2, 0) is 16.0 Å². The Labute approximate surface area is 170 Å². The van der Waals surface area contributed by atoms with Crippen LogP contribution in [0.1, 0.15) is 41.5 Å². The molecule has 4 rings (SSSR count). The highest BCUT2D eigenvalue weighted by Gasteiger charge is 2.22. The van der Waals surface area contributed by atoms with E-state index in [1.165, 1.54) is 17.4 Å². The molecule has 1 atom stereocenters. The smallest absolute Gasteiger partial charge is 0.336 e. The van der Waals surface area contributed by atoms with Crippen LogP contribution in [0.4, 0.5) is 5.13 Å². The molecule has 1 aliphatic heterocycles. The topological polar surface area (TPSA) is 104 Å². The van der Waals surface area contributed by atoms with Gasteiger partial charge in [0.25, 0.3) is 0 Å². The molecule has 1 amide bonds. The van der Waals surface area contributed by atoms with E-state index in [0.717, 1.165) is 41.0 Å². The minimum Gasteiger partial charge on any atom is -0.496 e. The summed E-state index contributed by atoms with van der Waals surface area (Å²) in [7, 11) is 1.55. The third kappa shape index (κ3) is 4.30. The second-order valence-corrected chi connectivity index (χ2v) is 7.91. The van der Waals surface area contributed by atoms with Crippen LogP contribution in [0.25, 0.3) is 11.0 Å². The van der Waals surface area contributed by atoms with Gasteiger partial charge in [0.15, 0.2) is 0 Å². The second kappa shape index (κ2) is 8.30. The van der Waals surface area contributed by atoms with Gasteiger partial charge in [-0.15, -0.1) is 10.2 Å². The van der Waals surface area contributed by atoms with E-state index >= 15 is 0 Å². The molecule has 1 N–H and O–H groups in total. The molecule has 3 heterocycles. The lowest BCUT2D eigenvalue weighted by Crippen LogP contribution is -2.12. The number of ether oxygens (including phenoxy) is 2. The zero-order valence-corrected chi connectivity index (χ0v) is 17.0. The summed E-state index contributed by atoms with van der Waals surface area (Å²) in [6.45, 7) is 2.59. The van der Waals surface area contributed by atoms with Crippen molar-refractivity contribution < 1.29 is 18.7 Å². The van der Waals surface area contributed by atoms with Gasteiger partial charge in [-0.25, -0.2) is 4.79 Å². The Kier molecular flexibility index (Phi) is 5.59. The van der Waals surface area contributed by atoms with Crippen molar-refractivity contribution in [2.45, 2.75) is 38.7 Å². The minimum absolute atomic E-state index is 0.0108. The number of carbonyl (C=O) groups is 1. The molecule has 9 heteroatoms. The third-order valence-electron chi connectivity index (χ3n) is 4.87. The number of nitrogens with one attached hydrogen (secondary N) is 1. The van der Waals surface area contributed by atoms with Crippen molar-refractivity contribution >= 4 is 33.3 Å². The number of nitrogens with zero attached hydrogens (tertiary/aromatic N) is 2. The van der Waals surface area contributed by atoms with Gasteiger partial charge >= 0.3 is 5.63 Å². The summed E-state index contributed by atoms with van der Waals surface area (Å²) in [6.07, 6.45) is 2.67. The summed E-state index contributed by atoms with van der Waals surface area (Å²) in [4.78, 5) is 24.0. The molecule has 1 aliphatic rings. The number of aromatic nitrogens is 2. The average Bonchev–Trinajstić information content (AvgIpc) is 3.37. The number of amides is 1. The lowest BCUT2D eigenvalue weighted by Gasteiger charge is -2.10. The minimum atomic E-state index is -0.399. The highest BCUT2D eigenvalue weighted by molar-refractivity contribution is 7.15. The maximum atomic E-state index is 12.4. The second-order valence-electron chi connectivity index (χ2n) is 6.90. The van der Waals surface area contributed by atoms with Gasteiger partial charge in [0, 0.05) is 30.5 Å². The zero-order chi connectivity index (χ0) is 20.4. The Morgan fingerprint density at radius 3 is 2.97 bits per heavy atom. The number of methoxy groups -OCH3 is 1. The summed E-state index contributed by atoms with van der Waals surface area (Å²) in [5.74, 6) is 0.425. The van der Waals surface area contributed by atoms with Crippen LogP contribution < -0.4 is 15.7 Å². The van der Waals surface area contributed by atoms with Crippen LogP contribution in [0.3, 0.4) is 0 Å². The number of rotatable bonds is 6. The number of benzene rings is 1. The van der Waals surface area contributed by atoms with E-state index in [-0.39, 0.29) is 18.4 Å². The van der Waals surface area contributed by atoms with E-state index in [4.69, 9.17) is 13.9 Å². The predicted molar refractivity (Wildman–Crippen MR) is 109 cm³/mol. The largest absolute Gasteiger partial charge is 0.496 e. The standard InChI is InChI=1S/C20H21N3O5S/c1-11-8-18(25)28-16-10-15(26-2)12(9-13(11)16)5-6-17(24)21-20-23-22-19(29-20)14-4-3-7-27-14/h8-10,14H,3-7H2,1-2H3,(H,21,23,24)/t14-/m1/s1. The summed E-state index contributed by atoms with van der Waals surface area (Å²) in [5, 5.41) is 13.1. The Bertz CT molecular complexity index is 1100. The first-order chi connectivity index (χ1) is 14.0. The molecule has 0 saturated carbocycles. The predicted octanol–water partition coefficient (Wildman–Crippen LogP) is 3.38. The van der Waals surface area contributed by atoms with Gasteiger partial charge in [0.05, 0.1) is 7.11 Å². The molecule has 0 unspecified atom stereocenters. The molecule has 3 aromatic rings. The van der Waals surface area contributed by atoms with Crippen molar-refractivity contribution in [1.82, 2.24) is 10.2 Å². The quantitative estimate of drug-likeness (QED) is 0.616. The number of hydrogen-bond acceptors (Lipinski definition) is 8.